The van der Waals surface area contributed by atoms with Gasteiger partial charge in [0.25, 0.3) is 0 Å². The van der Waals surface area contributed by atoms with Crippen molar-refractivity contribution >= 4 is 58.0 Å². The van der Waals surface area contributed by atoms with Crippen LogP contribution in [0, 0.1) is 0 Å². The lowest BCUT2D eigenvalue weighted by Crippen LogP contribution is -2.17. The Hall–Kier alpha value is -1.79. The van der Waals surface area contributed by atoms with E-state index in [4.69, 9.17) is 23.2 Å². The van der Waals surface area contributed by atoms with Crippen molar-refractivity contribution in [1.82, 2.24) is 0 Å². The molecule has 8 heteroatoms. The number of nitrogens with one attached hydrogen (secondary N) is 3. The molecule has 0 aromatic heterocycles. The third kappa shape index (κ3) is 5.07. The predicted molar refractivity (Wildman–Crippen MR) is 79.4 cm³/mol. The van der Waals surface area contributed by atoms with Crippen LogP contribution < -0.4 is 16.0 Å². The van der Waals surface area contributed by atoms with Crippen LogP contribution in [0.15, 0.2) is 18.2 Å². The summed E-state index contributed by atoms with van der Waals surface area (Å²) in [6.45, 7) is 1.34. The van der Waals surface area contributed by atoms with Crippen LogP contribution in [0.25, 0.3) is 0 Å². The van der Waals surface area contributed by atoms with Gasteiger partial charge in [0, 0.05) is 12.6 Å². The number of rotatable bonds is 5. The molecular weight excluding hydrogens is 305 g/mol. The molecule has 0 radical (unpaired) electrons. The van der Waals surface area contributed by atoms with Crippen molar-refractivity contribution in [2.24, 2.45) is 0 Å². The summed E-state index contributed by atoms with van der Waals surface area (Å²) in [5.74, 6) is -1.51. The first-order valence-electron chi connectivity index (χ1n) is 5.59. The fourth-order valence-electron chi connectivity index (χ4n) is 1.40. The Kier molecular flexibility index (Phi) is 6.27. The summed E-state index contributed by atoms with van der Waals surface area (Å²) in [4.78, 5) is 33.6. The van der Waals surface area contributed by atoms with Gasteiger partial charge in [-0.1, -0.05) is 0 Å². The minimum absolute atomic E-state index is 0.184. The van der Waals surface area contributed by atoms with E-state index in [1.165, 1.54) is 13.0 Å². The quantitative estimate of drug-likeness (QED) is 0.726. The molecule has 1 aromatic carbocycles. The Balaban J connectivity index is 3.03. The van der Waals surface area contributed by atoms with Gasteiger partial charge in [-0.15, -0.1) is 23.2 Å². The van der Waals surface area contributed by atoms with E-state index >= 15 is 0 Å². The summed E-state index contributed by atoms with van der Waals surface area (Å²) in [6.07, 6.45) is 0. The smallest absolute Gasteiger partial charge is 0.239 e. The van der Waals surface area contributed by atoms with Crippen molar-refractivity contribution in [1.29, 1.82) is 0 Å². The molecule has 0 saturated heterocycles. The molecule has 0 spiro atoms. The zero-order valence-electron chi connectivity index (χ0n) is 10.6. The highest BCUT2D eigenvalue weighted by molar-refractivity contribution is 6.29. The summed E-state index contributed by atoms with van der Waals surface area (Å²) in [7, 11) is 0. The number of anilines is 3. The number of amides is 3. The molecular formula is C12H13Cl2N3O3. The standard InChI is InChI=1S/C12H13Cl2N3O3/c1-7(18)15-9-3-2-8(16-11(19)5-13)4-10(9)17-12(20)6-14/h2-4H,5-6H2,1H3,(H,15,18)(H,16,19)(H,17,20). The second-order valence-electron chi connectivity index (χ2n) is 3.81. The molecule has 108 valence electrons. The Morgan fingerprint density at radius 1 is 0.950 bits per heavy atom. The van der Waals surface area contributed by atoms with E-state index < -0.39 is 5.91 Å². The van der Waals surface area contributed by atoms with E-state index in [9.17, 15) is 14.4 Å². The molecule has 1 aromatic rings. The second-order valence-corrected chi connectivity index (χ2v) is 4.34. The highest BCUT2D eigenvalue weighted by atomic mass is 35.5. The lowest BCUT2D eigenvalue weighted by atomic mass is 10.2. The Morgan fingerprint density at radius 2 is 1.55 bits per heavy atom. The highest BCUT2D eigenvalue weighted by Gasteiger charge is 2.10. The van der Waals surface area contributed by atoms with Crippen LogP contribution in [0.4, 0.5) is 17.1 Å². The molecule has 0 unspecified atom stereocenters. The zero-order valence-corrected chi connectivity index (χ0v) is 12.1. The normalized spacial score (nSPS) is 9.75. The fraction of sp³-hybridized carbons (Fsp3) is 0.250. The summed E-state index contributed by atoms with van der Waals surface area (Å²) in [5, 5.41) is 7.63. The van der Waals surface area contributed by atoms with Crippen molar-refractivity contribution in [2.45, 2.75) is 6.92 Å². The maximum atomic E-state index is 11.3. The number of carbonyl (C=O) groups is 3. The van der Waals surface area contributed by atoms with Gasteiger partial charge in [-0.25, -0.2) is 0 Å². The second kappa shape index (κ2) is 7.72. The van der Waals surface area contributed by atoms with Crippen LogP contribution in [0.5, 0.6) is 0 Å². The van der Waals surface area contributed by atoms with Gasteiger partial charge >= 0.3 is 0 Å². The Morgan fingerprint density at radius 3 is 2.10 bits per heavy atom. The van der Waals surface area contributed by atoms with Gasteiger partial charge in [-0.2, -0.15) is 0 Å². The van der Waals surface area contributed by atoms with Crippen LogP contribution >= 0.6 is 23.2 Å². The molecule has 3 N–H and O–H groups in total. The van der Waals surface area contributed by atoms with Crippen LogP contribution in [-0.2, 0) is 14.4 Å². The number of alkyl halides is 2. The highest BCUT2D eigenvalue weighted by Crippen LogP contribution is 2.26. The minimum atomic E-state index is -0.431. The lowest BCUT2D eigenvalue weighted by Gasteiger charge is -2.13. The molecule has 1 rings (SSSR count). The third-order valence-electron chi connectivity index (χ3n) is 2.13. The number of carbonyl (C=O) groups excluding carboxylic acids is 3. The largest absolute Gasteiger partial charge is 0.325 e. The van der Waals surface area contributed by atoms with Crippen LogP contribution in [-0.4, -0.2) is 29.5 Å². The van der Waals surface area contributed by atoms with E-state index in [1.807, 2.05) is 0 Å². The maximum absolute atomic E-state index is 11.3. The maximum Gasteiger partial charge on any atom is 0.239 e. The summed E-state index contributed by atoms with van der Waals surface area (Å²) >= 11 is 10.8. The molecule has 0 heterocycles. The molecule has 0 aliphatic heterocycles. The van der Waals surface area contributed by atoms with Crippen molar-refractivity contribution in [2.75, 3.05) is 27.7 Å². The Bertz CT molecular complexity index is 535. The number of hydrogen-bond donors (Lipinski definition) is 3. The van der Waals surface area contributed by atoms with Gasteiger partial charge in [0.1, 0.15) is 11.8 Å². The van der Waals surface area contributed by atoms with Crippen molar-refractivity contribution in [3.8, 4) is 0 Å². The molecule has 3 amide bonds. The SMILES string of the molecule is CC(=O)Nc1ccc(NC(=O)CCl)cc1NC(=O)CCl. The van der Waals surface area contributed by atoms with Gasteiger partial charge in [-0.3, -0.25) is 14.4 Å². The average molecular weight is 318 g/mol. The van der Waals surface area contributed by atoms with Crippen LogP contribution in [0.2, 0.25) is 0 Å². The van der Waals surface area contributed by atoms with Crippen LogP contribution in [0.3, 0.4) is 0 Å². The summed E-state index contributed by atoms with van der Waals surface area (Å²) < 4.78 is 0. The Labute approximate surface area is 125 Å². The van der Waals surface area contributed by atoms with E-state index in [1.54, 1.807) is 12.1 Å². The number of benzene rings is 1. The molecule has 20 heavy (non-hydrogen) atoms. The van der Waals surface area contributed by atoms with E-state index in [0.717, 1.165) is 0 Å². The minimum Gasteiger partial charge on any atom is -0.325 e. The number of hydrogen-bond acceptors (Lipinski definition) is 3. The van der Waals surface area contributed by atoms with Gasteiger partial charge in [0.15, 0.2) is 0 Å². The fourth-order valence-corrected chi connectivity index (χ4v) is 1.54. The molecule has 6 nitrogen and oxygen atoms in total. The first-order chi connectivity index (χ1) is 9.46. The van der Waals surface area contributed by atoms with Gasteiger partial charge in [0.05, 0.1) is 11.4 Å². The number of halogens is 2. The molecule has 0 aliphatic carbocycles. The molecule has 0 fully saturated rings. The van der Waals surface area contributed by atoms with Crippen molar-refractivity contribution in [3.05, 3.63) is 18.2 Å². The lowest BCUT2D eigenvalue weighted by molar-refractivity contribution is -0.115. The summed E-state index contributed by atoms with van der Waals surface area (Å²) in [5.41, 5.74) is 1.17. The van der Waals surface area contributed by atoms with Crippen molar-refractivity contribution < 1.29 is 14.4 Å². The van der Waals surface area contributed by atoms with Gasteiger partial charge in [-0.05, 0) is 18.2 Å². The molecule has 0 saturated carbocycles. The monoisotopic (exact) mass is 317 g/mol. The summed E-state index contributed by atoms with van der Waals surface area (Å²) in [6, 6.07) is 4.63. The molecule has 0 bridgehead atoms. The molecule has 0 atom stereocenters. The average Bonchev–Trinajstić information content (AvgIpc) is 2.40. The van der Waals surface area contributed by atoms with Gasteiger partial charge in [0.2, 0.25) is 17.7 Å². The third-order valence-corrected chi connectivity index (χ3v) is 2.62. The zero-order chi connectivity index (χ0) is 15.1. The van der Waals surface area contributed by atoms with Gasteiger partial charge < -0.3 is 16.0 Å². The van der Waals surface area contributed by atoms with E-state index in [2.05, 4.69) is 16.0 Å². The van der Waals surface area contributed by atoms with Crippen molar-refractivity contribution in [3.63, 3.8) is 0 Å². The first kappa shape index (κ1) is 16.3. The molecule has 0 aliphatic rings. The van der Waals surface area contributed by atoms with E-state index in [0.29, 0.717) is 17.1 Å². The predicted octanol–water partition coefficient (Wildman–Crippen LogP) is 2.00. The topological polar surface area (TPSA) is 87.3 Å². The first-order valence-corrected chi connectivity index (χ1v) is 6.66. The van der Waals surface area contributed by atoms with E-state index in [-0.39, 0.29) is 23.6 Å². The van der Waals surface area contributed by atoms with Crippen LogP contribution in [0.1, 0.15) is 6.92 Å².